The molecule has 1 amide bonds. The van der Waals surface area contributed by atoms with Crippen LogP contribution in [0.25, 0.3) is 10.8 Å². The van der Waals surface area contributed by atoms with Crippen molar-refractivity contribution in [2.24, 2.45) is 0 Å². The molecule has 2 aromatic carbocycles. The normalized spacial score (nSPS) is 18.0. The van der Waals surface area contributed by atoms with Gasteiger partial charge in [0, 0.05) is 18.2 Å². The number of nitrogens with one attached hydrogen (secondary N) is 2. The van der Waals surface area contributed by atoms with Crippen molar-refractivity contribution < 1.29 is 4.79 Å². The summed E-state index contributed by atoms with van der Waals surface area (Å²) in [4.78, 5) is 12.3. The van der Waals surface area contributed by atoms with Crippen LogP contribution in [-0.4, -0.2) is 25.0 Å². The third-order valence-corrected chi connectivity index (χ3v) is 3.43. The van der Waals surface area contributed by atoms with Gasteiger partial charge in [0.2, 0.25) is 0 Å². The summed E-state index contributed by atoms with van der Waals surface area (Å²) in [6, 6.07) is 14.1. The number of carbonyl (C=O) groups excluding carboxylic acids is 1. The van der Waals surface area contributed by atoms with Crippen molar-refractivity contribution in [2.45, 2.75) is 12.5 Å². The van der Waals surface area contributed by atoms with E-state index in [-0.39, 0.29) is 24.4 Å². The SMILES string of the molecule is Cl.O=C(NC1CCNC1)c1cccc2ccccc12. The van der Waals surface area contributed by atoms with Crippen molar-refractivity contribution >= 4 is 29.1 Å². The van der Waals surface area contributed by atoms with Crippen LogP contribution in [-0.2, 0) is 0 Å². The molecule has 100 valence electrons. The molecule has 1 fully saturated rings. The molecule has 1 aliphatic heterocycles. The minimum atomic E-state index is 0. The first kappa shape index (κ1) is 13.8. The molecular formula is C15H17ClN2O. The zero-order valence-corrected chi connectivity index (χ0v) is 11.4. The molecule has 0 saturated carbocycles. The van der Waals surface area contributed by atoms with Crippen molar-refractivity contribution in [3.05, 3.63) is 48.0 Å². The maximum Gasteiger partial charge on any atom is 0.252 e. The monoisotopic (exact) mass is 276 g/mol. The van der Waals surface area contributed by atoms with Crippen LogP contribution in [0.15, 0.2) is 42.5 Å². The van der Waals surface area contributed by atoms with Crippen molar-refractivity contribution in [1.29, 1.82) is 0 Å². The molecule has 19 heavy (non-hydrogen) atoms. The number of amides is 1. The number of benzene rings is 2. The number of hydrogen-bond acceptors (Lipinski definition) is 2. The topological polar surface area (TPSA) is 41.1 Å². The number of hydrogen-bond donors (Lipinski definition) is 2. The summed E-state index contributed by atoms with van der Waals surface area (Å²) in [5.41, 5.74) is 0.764. The van der Waals surface area contributed by atoms with Crippen LogP contribution in [0.4, 0.5) is 0 Å². The van der Waals surface area contributed by atoms with E-state index < -0.39 is 0 Å². The van der Waals surface area contributed by atoms with E-state index in [1.165, 1.54) is 0 Å². The van der Waals surface area contributed by atoms with E-state index in [9.17, 15) is 4.79 Å². The summed E-state index contributed by atoms with van der Waals surface area (Å²) < 4.78 is 0. The van der Waals surface area contributed by atoms with E-state index in [1.807, 2.05) is 42.5 Å². The van der Waals surface area contributed by atoms with E-state index in [1.54, 1.807) is 0 Å². The minimum Gasteiger partial charge on any atom is -0.348 e. The molecule has 2 aromatic rings. The fourth-order valence-corrected chi connectivity index (χ4v) is 2.46. The van der Waals surface area contributed by atoms with Gasteiger partial charge in [0.15, 0.2) is 0 Å². The highest BCUT2D eigenvalue weighted by Gasteiger charge is 2.18. The van der Waals surface area contributed by atoms with E-state index >= 15 is 0 Å². The molecule has 2 N–H and O–H groups in total. The summed E-state index contributed by atoms with van der Waals surface area (Å²) in [5.74, 6) is 0.0282. The number of halogens is 1. The Balaban J connectivity index is 0.00000133. The molecule has 0 radical (unpaired) electrons. The zero-order valence-electron chi connectivity index (χ0n) is 10.6. The van der Waals surface area contributed by atoms with Gasteiger partial charge in [0.05, 0.1) is 0 Å². The van der Waals surface area contributed by atoms with Gasteiger partial charge in [-0.3, -0.25) is 4.79 Å². The number of fused-ring (bicyclic) bond motifs is 1. The van der Waals surface area contributed by atoms with Gasteiger partial charge in [-0.15, -0.1) is 12.4 Å². The molecule has 4 heteroatoms. The van der Waals surface area contributed by atoms with Crippen LogP contribution in [0.1, 0.15) is 16.8 Å². The second kappa shape index (κ2) is 6.04. The second-order valence-electron chi connectivity index (χ2n) is 4.69. The minimum absolute atomic E-state index is 0. The van der Waals surface area contributed by atoms with Crippen LogP contribution in [0.2, 0.25) is 0 Å². The quantitative estimate of drug-likeness (QED) is 0.884. The first-order chi connectivity index (χ1) is 8.84. The lowest BCUT2D eigenvalue weighted by atomic mass is 10.0. The highest BCUT2D eigenvalue weighted by Crippen LogP contribution is 2.18. The summed E-state index contributed by atoms with van der Waals surface area (Å²) in [6.07, 6.45) is 1.01. The first-order valence-electron chi connectivity index (χ1n) is 6.34. The molecule has 1 unspecified atom stereocenters. The fourth-order valence-electron chi connectivity index (χ4n) is 2.46. The molecule has 0 spiro atoms. The molecule has 1 atom stereocenters. The van der Waals surface area contributed by atoms with Crippen LogP contribution in [0.5, 0.6) is 0 Å². The third-order valence-electron chi connectivity index (χ3n) is 3.43. The Hall–Kier alpha value is -1.58. The largest absolute Gasteiger partial charge is 0.348 e. The summed E-state index contributed by atoms with van der Waals surface area (Å²) in [5, 5.41) is 8.46. The Kier molecular flexibility index (Phi) is 4.40. The van der Waals surface area contributed by atoms with Crippen LogP contribution >= 0.6 is 12.4 Å². The molecule has 3 rings (SSSR count). The molecule has 1 aliphatic rings. The van der Waals surface area contributed by atoms with E-state index in [4.69, 9.17) is 0 Å². The lowest BCUT2D eigenvalue weighted by Gasteiger charge is -2.12. The maximum atomic E-state index is 12.3. The predicted octanol–water partition coefficient (Wildman–Crippen LogP) is 2.35. The molecule has 0 aliphatic carbocycles. The Morgan fingerprint density at radius 2 is 1.95 bits per heavy atom. The van der Waals surface area contributed by atoms with Crippen molar-refractivity contribution in [3.63, 3.8) is 0 Å². The van der Waals surface area contributed by atoms with Gasteiger partial charge in [0.1, 0.15) is 0 Å². The van der Waals surface area contributed by atoms with Crippen molar-refractivity contribution in [3.8, 4) is 0 Å². The van der Waals surface area contributed by atoms with Gasteiger partial charge < -0.3 is 10.6 Å². The molecule has 0 bridgehead atoms. The smallest absolute Gasteiger partial charge is 0.252 e. The van der Waals surface area contributed by atoms with Gasteiger partial charge >= 0.3 is 0 Å². The Labute approximate surface area is 118 Å². The maximum absolute atomic E-state index is 12.3. The van der Waals surface area contributed by atoms with E-state index in [2.05, 4.69) is 10.6 Å². The van der Waals surface area contributed by atoms with Gasteiger partial charge in [-0.2, -0.15) is 0 Å². The lowest BCUT2D eigenvalue weighted by Crippen LogP contribution is -2.36. The van der Waals surface area contributed by atoms with Gasteiger partial charge in [-0.25, -0.2) is 0 Å². The van der Waals surface area contributed by atoms with Crippen LogP contribution < -0.4 is 10.6 Å². The van der Waals surface area contributed by atoms with Gasteiger partial charge in [-0.1, -0.05) is 36.4 Å². The van der Waals surface area contributed by atoms with Crippen molar-refractivity contribution in [2.75, 3.05) is 13.1 Å². The lowest BCUT2D eigenvalue weighted by molar-refractivity contribution is 0.0942. The van der Waals surface area contributed by atoms with Crippen LogP contribution in [0.3, 0.4) is 0 Å². The van der Waals surface area contributed by atoms with Crippen molar-refractivity contribution in [1.82, 2.24) is 10.6 Å². The van der Waals surface area contributed by atoms with Gasteiger partial charge in [0.25, 0.3) is 5.91 Å². The zero-order chi connectivity index (χ0) is 12.4. The summed E-state index contributed by atoms with van der Waals surface area (Å²) in [6.45, 7) is 1.86. The molecular weight excluding hydrogens is 260 g/mol. The average molecular weight is 277 g/mol. The van der Waals surface area contributed by atoms with Crippen LogP contribution in [0, 0.1) is 0 Å². The molecule has 1 saturated heterocycles. The van der Waals surface area contributed by atoms with E-state index in [0.29, 0.717) is 0 Å². The fraction of sp³-hybridized carbons (Fsp3) is 0.267. The highest BCUT2D eigenvalue weighted by atomic mass is 35.5. The molecule has 0 aromatic heterocycles. The Morgan fingerprint density at radius 3 is 2.74 bits per heavy atom. The number of rotatable bonds is 2. The predicted molar refractivity (Wildman–Crippen MR) is 79.9 cm³/mol. The second-order valence-corrected chi connectivity index (χ2v) is 4.69. The summed E-state index contributed by atoms with van der Waals surface area (Å²) >= 11 is 0. The first-order valence-corrected chi connectivity index (χ1v) is 6.34. The Bertz CT molecular complexity index is 574. The average Bonchev–Trinajstić information content (AvgIpc) is 2.91. The third kappa shape index (κ3) is 2.88. The standard InChI is InChI=1S/C15H16N2O.ClH/c18-15(17-12-8-9-16-10-12)14-7-3-5-11-4-1-2-6-13(11)14;/h1-7,12,16H,8-10H2,(H,17,18);1H. The molecule has 3 nitrogen and oxygen atoms in total. The molecule has 1 heterocycles. The van der Waals surface area contributed by atoms with E-state index in [0.717, 1.165) is 35.8 Å². The highest BCUT2D eigenvalue weighted by molar-refractivity contribution is 6.07. The Morgan fingerprint density at radius 1 is 1.16 bits per heavy atom. The van der Waals surface area contributed by atoms with Gasteiger partial charge in [-0.05, 0) is 29.8 Å². The number of carbonyl (C=O) groups is 1. The summed E-state index contributed by atoms with van der Waals surface area (Å²) in [7, 11) is 0.